The van der Waals surface area contributed by atoms with Gasteiger partial charge in [0, 0.05) is 48.1 Å². The molecule has 3 rings (SSSR count). The van der Waals surface area contributed by atoms with Crippen molar-refractivity contribution in [1.29, 1.82) is 0 Å². The van der Waals surface area contributed by atoms with Gasteiger partial charge in [-0.1, -0.05) is 43.6 Å². The molecule has 1 saturated heterocycles. The smallest absolute Gasteiger partial charge is 0.270 e. The van der Waals surface area contributed by atoms with Gasteiger partial charge in [0.15, 0.2) is 0 Å². The molecule has 2 aromatic rings. The molecule has 1 N–H and O–H groups in total. The number of hydrogen-bond acceptors (Lipinski definition) is 5. The number of nitrogens with zero attached hydrogens (tertiary/aromatic N) is 2. The molecule has 0 aromatic heterocycles. The first-order valence-corrected chi connectivity index (χ1v) is 12.5. The van der Waals surface area contributed by atoms with Crippen molar-refractivity contribution in [3.05, 3.63) is 68.7 Å². The highest BCUT2D eigenvalue weighted by Gasteiger charge is 2.34. The number of nitro groups is 1. The second kappa shape index (κ2) is 9.79. The van der Waals surface area contributed by atoms with E-state index in [0.29, 0.717) is 30.0 Å². The average molecular weight is 494 g/mol. The minimum Gasteiger partial charge on any atom is -0.355 e. The zero-order chi connectivity index (χ0) is 24.4. The summed E-state index contributed by atoms with van der Waals surface area (Å²) in [5, 5.41) is 14.7. The molecule has 0 aliphatic carbocycles. The van der Waals surface area contributed by atoms with E-state index >= 15 is 0 Å². The average Bonchev–Trinajstić information content (AvgIpc) is 2.78. The summed E-state index contributed by atoms with van der Waals surface area (Å²) in [6.45, 7) is 6.49. The number of benzene rings is 2. The standard InChI is InChI=1S/C23H28ClN3O5S/c1-16-4-9-20(27(29)30)14-21(16)33(31,32)26-12-10-17(11-13-26)22(28)25-15-23(2,3)18-5-7-19(24)8-6-18/h4-9,14,17H,10-13,15H2,1-3H3,(H,25,28). The number of nitro benzene ring substituents is 1. The lowest BCUT2D eigenvalue weighted by Crippen LogP contribution is -2.45. The van der Waals surface area contributed by atoms with Crippen molar-refractivity contribution in [1.82, 2.24) is 9.62 Å². The molecule has 33 heavy (non-hydrogen) atoms. The minimum absolute atomic E-state index is 0.0654. The Hall–Kier alpha value is -2.49. The van der Waals surface area contributed by atoms with Gasteiger partial charge in [-0.15, -0.1) is 0 Å². The maximum Gasteiger partial charge on any atom is 0.270 e. The van der Waals surface area contributed by atoms with E-state index in [0.717, 1.165) is 11.6 Å². The number of sulfonamides is 1. The van der Waals surface area contributed by atoms with Crippen LogP contribution in [-0.2, 0) is 20.2 Å². The number of piperidine rings is 1. The van der Waals surface area contributed by atoms with Crippen LogP contribution in [0.4, 0.5) is 5.69 Å². The Bertz CT molecular complexity index is 1140. The number of rotatable bonds is 7. The van der Waals surface area contributed by atoms with Crippen LogP contribution in [0.15, 0.2) is 47.4 Å². The summed E-state index contributed by atoms with van der Waals surface area (Å²) in [5.41, 5.74) is 0.950. The molecule has 0 spiro atoms. The van der Waals surface area contributed by atoms with Crippen LogP contribution in [0.25, 0.3) is 0 Å². The van der Waals surface area contributed by atoms with E-state index < -0.39 is 14.9 Å². The van der Waals surface area contributed by atoms with Crippen LogP contribution in [0.5, 0.6) is 0 Å². The molecular formula is C23H28ClN3O5S. The molecular weight excluding hydrogens is 466 g/mol. The fraction of sp³-hybridized carbons (Fsp3) is 0.435. The van der Waals surface area contributed by atoms with Gasteiger partial charge in [0.2, 0.25) is 15.9 Å². The van der Waals surface area contributed by atoms with Crippen molar-refractivity contribution in [3.8, 4) is 0 Å². The summed E-state index contributed by atoms with van der Waals surface area (Å²) in [7, 11) is -3.89. The van der Waals surface area contributed by atoms with E-state index in [1.54, 1.807) is 6.92 Å². The normalized spacial score (nSPS) is 15.9. The van der Waals surface area contributed by atoms with Gasteiger partial charge >= 0.3 is 0 Å². The highest BCUT2D eigenvalue weighted by molar-refractivity contribution is 7.89. The maximum absolute atomic E-state index is 13.1. The van der Waals surface area contributed by atoms with E-state index in [-0.39, 0.29) is 40.9 Å². The molecule has 0 saturated carbocycles. The zero-order valence-electron chi connectivity index (χ0n) is 18.9. The lowest BCUT2D eigenvalue weighted by atomic mass is 9.84. The summed E-state index contributed by atoms with van der Waals surface area (Å²) >= 11 is 5.96. The molecule has 0 atom stereocenters. The van der Waals surface area contributed by atoms with Gasteiger partial charge < -0.3 is 5.32 Å². The molecule has 178 valence electrons. The zero-order valence-corrected chi connectivity index (χ0v) is 20.4. The Morgan fingerprint density at radius 2 is 1.79 bits per heavy atom. The van der Waals surface area contributed by atoms with Gasteiger partial charge in [-0.3, -0.25) is 14.9 Å². The first-order chi connectivity index (χ1) is 15.4. The molecule has 0 unspecified atom stereocenters. The van der Waals surface area contributed by atoms with Crippen molar-refractivity contribution in [2.24, 2.45) is 5.92 Å². The van der Waals surface area contributed by atoms with Crippen molar-refractivity contribution >= 4 is 33.2 Å². The number of aryl methyl sites for hydroxylation is 1. The topological polar surface area (TPSA) is 110 Å². The van der Waals surface area contributed by atoms with E-state index in [2.05, 4.69) is 5.32 Å². The third-order valence-electron chi connectivity index (χ3n) is 6.16. The third-order valence-corrected chi connectivity index (χ3v) is 8.45. The number of carbonyl (C=O) groups excluding carboxylic acids is 1. The second-order valence-electron chi connectivity index (χ2n) is 8.99. The maximum atomic E-state index is 13.1. The first-order valence-electron chi connectivity index (χ1n) is 10.7. The number of hydrogen-bond donors (Lipinski definition) is 1. The molecule has 8 nitrogen and oxygen atoms in total. The van der Waals surface area contributed by atoms with E-state index in [9.17, 15) is 23.3 Å². The van der Waals surface area contributed by atoms with Crippen LogP contribution in [-0.4, -0.2) is 43.2 Å². The molecule has 1 aliphatic rings. The SMILES string of the molecule is Cc1ccc([N+](=O)[O-])cc1S(=O)(=O)N1CCC(C(=O)NCC(C)(C)c2ccc(Cl)cc2)CC1. The van der Waals surface area contributed by atoms with Crippen molar-refractivity contribution in [3.63, 3.8) is 0 Å². The minimum atomic E-state index is -3.89. The van der Waals surface area contributed by atoms with E-state index in [1.165, 1.54) is 16.4 Å². The third kappa shape index (κ3) is 5.72. The van der Waals surface area contributed by atoms with Crippen LogP contribution in [0.2, 0.25) is 5.02 Å². The monoisotopic (exact) mass is 493 g/mol. The predicted octanol–water partition coefficient (Wildman–Crippen LogP) is 4.05. The van der Waals surface area contributed by atoms with Gasteiger partial charge in [-0.25, -0.2) is 8.42 Å². The van der Waals surface area contributed by atoms with Crippen LogP contribution >= 0.6 is 11.6 Å². The fourth-order valence-electron chi connectivity index (χ4n) is 3.93. The number of non-ortho nitro benzene ring substituents is 1. The second-order valence-corrected chi connectivity index (χ2v) is 11.3. The Balaban J connectivity index is 1.61. The van der Waals surface area contributed by atoms with E-state index in [1.807, 2.05) is 38.1 Å². The van der Waals surface area contributed by atoms with Crippen molar-refractivity contribution in [2.45, 2.75) is 43.9 Å². The molecule has 1 heterocycles. The Morgan fingerprint density at radius 1 is 1.18 bits per heavy atom. The number of halogens is 1. The summed E-state index contributed by atoms with van der Waals surface area (Å²) < 4.78 is 27.5. The highest BCUT2D eigenvalue weighted by atomic mass is 35.5. The molecule has 1 aliphatic heterocycles. The van der Waals surface area contributed by atoms with Crippen LogP contribution < -0.4 is 5.32 Å². The van der Waals surface area contributed by atoms with Crippen molar-refractivity contribution < 1.29 is 18.1 Å². The molecule has 0 bridgehead atoms. The Morgan fingerprint density at radius 3 is 2.36 bits per heavy atom. The Kier molecular flexibility index (Phi) is 7.45. The van der Waals surface area contributed by atoms with Gasteiger partial charge in [0.1, 0.15) is 0 Å². The molecule has 2 aromatic carbocycles. The summed E-state index contributed by atoms with van der Waals surface area (Å²) in [5.74, 6) is -0.385. The van der Waals surface area contributed by atoms with E-state index in [4.69, 9.17) is 11.6 Å². The lowest BCUT2D eigenvalue weighted by Gasteiger charge is -2.32. The van der Waals surface area contributed by atoms with Crippen LogP contribution in [0.1, 0.15) is 37.8 Å². The van der Waals surface area contributed by atoms with Crippen molar-refractivity contribution in [2.75, 3.05) is 19.6 Å². The summed E-state index contributed by atoms with van der Waals surface area (Å²) in [6.07, 6.45) is 0.779. The van der Waals surface area contributed by atoms with Gasteiger partial charge in [0.25, 0.3) is 5.69 Å². The molecule has 1 amide bonds. The van der Waals surface area contributed by atoms with Gasteiger partial charge in [0.05, 0.1) is 9.82 Å². The fourth-order valence-corrected chi connectivity index (χ4v) is 5.77. The molecule has 10 heteroatoms. The Labute approximate surface area is 199 Å². The largest absolute Gasteiger partial charge is 0.355 e. The predicted molar refractivity (Wildman–Crippen MR) is 127 cm³/mol. The van der Waals surface area contributed by atoms with Crippen LogP contribution in [0.3, 0.4) is 0 Å². The quantitative estimate of drug-likeness (QED) is 0.462. The highest BCUT2D eigenvalue weighted by Crippen LogP contribution is 2.29. The number of amides is 1. The molecule has 0 radical (unpaired) electrons. The summed E-state index contributed by atoms with van der Waals surface area (Å²) in [4.78, 5) is 23.1. The number of nitrogens with one attached hydrogen (secondary N) is 1. The first kappa shape index (κ1) is 25.1. The number of carbonyl (C=O) groups is 1. The van der Waals surface area contributed by atoms with Gasteiger partial charge in [-0.2, -0.15) is 4.31 Å². The van der Waals surface area contributed by atoms with Crippen LogP contribution in [0, 0.1) is 23.0 Å². The molecule has 1 fully saturated rings. The summed E-state index contributed by atoms with van der Waals surface area (Å²) in [6, 6.07) is 11.3. The lowest BCUT2D eigenvalue weighted by molar-refractivity contribution is -0.385. The van der Waals surface area contributed by atoms with Gasteiger partial charge in [-0.05, 0) is 43.0 Å².